The molecule has 0 saturated heterocycles. The highest BCUT2D eigenvalue weighted by atomic mass is 16.5. The zero-order chi connectivity index (χ0) is 15.1. The molecule has 0 saturated carbocycles. The van der Waals surface area contributed by atoms with E-state index >= 15 is 0 Å². The van der Waals surface area contributed by atoms with Crippen LogP contribution in [0.4, 0.5) is 0 Å². The summed E-state index contributed by atoms with van der Waals surface area (Å²) in [4.78, 5) is 22.5. The number of benzene rings is 1. The van der Waals surface area contributed by atoms with Crippen molar-refractivity contribution in [1.82, 2.24) is 5.32 Å². The monoisotopic (exact) mass is 279 g/mol. The number of carboxylic acids is 1. The first-order valence-electron chi connectivity index (χ1n) is 6.61. The zero-order valence-electron chi connectivity index (χ0n) is 12.1. The predicted octanol–water partition coefficient (Wildman–Crippen LogP) is 1.85. The van der Waals surface area contributed by atoms with Gasteiger partial charge in [0.15, 0.2) is 0 Å². The van der Waals surface area contributed by atoms with E-state index in [0.717, 1.165) is 11.3 Å². The lowest BCUT2D eigenvalue weighted by molar-refractivity contribution is -0.146. The average Bonchev–Trinajstić information content (AvgIpc) is 2.41. The van der Waals surface area contributed by atoms with Gasteiger partial charge < -0.3 is 15.2 Å². The second-order valence-electron chi connectivity index (χ2n) is 4.87. The lowest BCUT2D eigenvalue weighted by atomic mass is 9.95. The van der Waals surface area contributed by atoms with Gasteiger partial charge >= 0.3 is 5.97 Å². The lowest BCUT2D eigenvalue weighted by Crippen LogP contribution is -2.37. The van der Waals surface area contributed by atoms with E-state index in [1.807, 2.05) is 31.2 Å². The Morgan fingerprint density at radius 2 is 2.00 bits per heavy atom. The molecule has 0 bridgehead atoms. The molecule has 0 aliphatic heterocycles. The fourth-order valence-electron chi connectivity index (χ4n) is 1.65. The second-order valence-corrected chi connectivity index (χ2v) is 4.87. The summed E-state index contributed by atoms with van der Waals surface area (Å²) < 4.78 is 5.49. The molecule has 20 heavy (non-hydrogen) atoms. The van der Waals surface area contributed by atoms with Gasteiger partial charge in [0.1, 0.15) is 12.4 Å². The Kier molecular flexibility index (Phi) is 6.03. The zero-order valence-corrected chi connectivity index (χ0v) is 12.1. The van der Waals surface area contributed by atoms with Gasteiger partial charge in [-0.25, -0.2) is 0 Å². The van der Waals surface area contributed by atoms with E-state index in [1.165, 1.54) is 6.92 Å². The summed E-state index contributed by atoms with van der Waals surface area (Å²) in [5.41, 5.74) is 1.11. The van der Waals surface area contributed by atoms with Gasteiger partial charge in [0.2, 0.25) is 5.91 Å². The van der Waals surface area contributed by atoms with Crippen molar-refractivity contribution in [3.05, 3.63) is 29.8 Å². The number of nitrogens with one attached hydrogen (secondary N) is 1. The van der Waals surface area contributed by atoms with Crippen molar-refractivity contribution < 1.29 is 19.4 Å². The fourth-order valence-corrected chi connectivity index (χ4v) is 1.65. The van der Waals surface area contributed by atoms with E-state index in [9.17, 15) is 9.59 Å². The normalized spacial score (nSPS) is 13.3. The molecule has 1 rings (SSSR count). The van der Waals surface area contributed by atoms with Crippen molar-refractivity contribution in [3.8, 4) is 5.75 Å². The number of rotatable bonds is 7. The average molecular weight is 279 g/mol. The van der Waals surface area contributed by atoms with Crippen LogP contribution in [0.25, 0.3) is 0 Å². The molecule has 0 fully saturated rings. The number of amides is 1. The van der Waals surface area contributed by atoms with Gasteiger partial charge in [-0.15, -0.1) is 0 Å². The first-order valence-corrected chi connectivity index (χ1v) is 6.61. The van der Waals surface area contributed by atoms with Crippen LogP contribution in [0, 0.1) is 18.8 Å². The van der Waals surface area contributed by atoms with Crippen molar-refractivity contribution in [2.45, 2.75) is 20.8 Å². The quantitative estimate of drug-likeness (QED) is 0.747. The van der Waals surface area contributed by atoms with Gasteiger partial charge in [0.05, 0.1) is 12.5 Å². The number of aryl methyl sites for hydroxylation is 1. The highest BCUT2D eigenvalue weighted by molar-refractivity contribution is 5.84. The van der Waals surface area contributed by atoms with E-state index in [1.54, 1.807) is 6.92 Å². The molecule has 0 radical (unpaired) electrons. The Morgan fingerprint density at radius 1 is 1.30 bits per heavy atom. The molecule has 0 aromatic heterocycles. The first-order chi connectivity index (χ1) is 9.41. The van der Waals surface area contributed by atoms with Crippen LogP contribution in [0.5, 0.6) is 5.75 Å². The first kappa shape index (κ1) is 16.0. The summed E-state index contributed by atoms with van der Waals surface area (Å²) in [5, 5.41) is 11.5. The number of ether oxygens (including phenoxy) is 1. The van der Waals surface area contributed by atoms with Crippen molar-refractivity contribution in [3.63, 3.8) is 0 Å². The standard InChI is InChI=1S/C15H21NO4/c1-10-5-4-6-13(9-10)20-8-7-16-14(17)11(2)12(3)15(18)19/h4-6,9,11-12H,7-8H2,1-3H3,(H,16,17)(H,18,19). The third-order valence-electron chi connectivity index (χ3n) is 3.21. The van der Waals surface area contributed by atoms with Crippen LogP contribution in [0.1, 0.15) is 19.4 Å². The maximum Gasteiger partial charge on any atom is 0.307 e. The molecule has 1 amide bonds. The Bertz CT molecular complexity index is 473. The molecular weight excluding hydrogens is 258 g/mol. The molecule has 110 valence electrons. The van der Waals surface area contributed by atoms with Crippen molar-refractivity contribution in [2.24, 2.45) is 11.8 Å². The second kappa shape index (κ2) is 7.53. The summed E-state index contributed by atoms with van der Waals surface area (Å²) in [5.74, 6) is -1.75. The number of carboxylic acid groups (broad SMARTS) is 1. The Hall–Kier alpha value is -2.04. The summed E-state index contributed by atoms with van der Waals surface area (Å²) in [6, 6.07) is 7.64. The molecule has 2 N–H and O–H groups in total. The minimum Gasteiger partial charge on any atom is -0.492 e. The van der Waals surface area contributed by atoms with Crippen molar-refractivity contribution in [2.75, 3.05) is 13.2 Å². The van der Waals surface area contributed by atoms with E-state index in [2.05, 4.69) is 5.32 Å². The lowest BCUT2D eigenvalue weighted by Gasteiger charge is -2.16. The number of aliphatic carboxylic acids is 1. The van der Waals surface area contributed by atoms with Crippen LogP contribution in [-0.4, -0.2) is 30.1 Å². The molecule has 2 unspecified atom stereocenters. The molecule has 0 heterocycles. The summed E-state index contributed by atoms with van der Waals surface area (Å²) in [7, 11) is 0. The molecule has 5 nitrogen and oxygen atoms in total. The van der Waals surface area contributed by atoms with Gasteiger partial charge in [-0.3, -0.25) is 9.59 Å². The highest BCUT2D eigenvalue weighted by Crippen LogP contribution is 2.12. The van der Waals surface area contributed by atoms with E-state index < -0.39 is 17.8 Å². The number of carbonyl (C=O) groups excluding carboxylic acids is 1. The number of hydrogen-bond acceptors (Lipinski definition) is 3. The maximum atomic E-state index is 11.7. The summed E-state index contributed by atoms with van der Waals surface area (Å²) >= 11 is 0. The van der Waals surface area contributed by atoms with Crippen LogP contribution in [0.15, 0.2) is 24.3 Å². The van der Waals surface area contributed by atoms with Gasteiger partial charge in [0.25, 0.3) is 0 Å². The molecule has 1 aromatic rings. The van der Waals surface area contributed by atoms with Gasteiger partial charge in [-0.2, -0.15) is 0 Å². The van der Waals surface area contributed by atoms with Gasteiger partial charge in [-0.1, -0.05) is 26.0 Å². The Labute approximate surface area is 118 Å². The minimum atomic E-state index is -0.969. The molecule has 0 spiro atoms. The van der Waals surface area contributed by atoms with Crippen LogP contribution in [-0.2, 0) is 9.59 Å². The van der Waals surface area contributed by atoms with E-state index in [4.69, 9.17) is 9.84 Å². The van der Waals surface area contributed by atoms with Crippen molar-refractivity contribution >= 4 is 11.9 Å². The van der Waals surface area contributed by atoms with Crippen LogP contribution in [0.2, 0.25) is 0 Å². The minimum absolute atomic E-state index is 0.271. The molecule has 2 atom stereocenters. The topological polar surface area (TPSA) is 75.6 Å². The molecule has 0 aliphatic rings. The smallest absolute Gasteiger partial charge is 0.307 e. The van der Waals surface area contributed by atoms with Crippen molar-refractivity contribution in [1.29, 1.82) is 0 Å². The SMILES string of the molecule is Cc1cccc(OCCNC(=O)C(C)C(C)C(=O)O)c1. The third-order valence-corrected chi connectivity index (χ3v) is 3.21. The van der Waals surface area contributed by atoms with E-state index in [-0.39, 0.29) is 5.91 Å². The van der Waals surface area contributed by atoms with Crippen LogP contribution in [0.3, 0.4) is 0 Å². The third kappa shape index (κ3) is 4.91. The number of carbonyl (C=O) groups is 2. The van der Waals surface area contributed by atoms with Crippen LogP contribution >= 0.6 is 0 Å². The summed E-state index contributed by atoms with van der Waals surface area (Å²) in [6.07, 6.45) is 0. The maximum absolute atomic E-state index is 11.7. The predicted molar refractivity (Wildman–Crippen MR) is 75.6 cm³/mol. The molecule has 5 heteroatoms. The summed E-state index contributed by atoms with van der Waals surface area (Å²) in [6.45, 7) is 5.81. The van der Waals surface area contributed by atoms with Gasteiger partial charge in [-0.05, 0) is 24.6 Å². The van der Waals surface area contributed by atoms with Gasteiger partial charge in [0, 0.05) is 5.92 Å². The number of hydrogen-bond donors (Lipinski definition) is 2. The fraction of sp³-hybridized carbons (Fsp3) is 0.467. The van der Waals surface area contributed by atoms with Crippen LogP contribution < -0.4 is 10.1 Å². The largest absolute Gasteiger partial charge is 0.492 e. The molecular formula is C15H21NO4. The Balaban J connectivity index is 2.30. The van der Waals surface area contributed by atoms with E-state index in [0.29, 0.717) is 13.2 Å². The highest BCUT2D eigenvalue weighted by Gasteiger charge is 2.25. The molecule has 1 aromatic carbocycles. The Morgan fingerprint density at radius 3 is 2.60 bits per heavy atom. The molecule has 0 aliphatic carbocycles.